The van der Waals surface area contributed by atoms with Crippen LogP contribution in [-0.4, -0.2) is 37.6 Å². The normalized spacial score (nSPS) is 12.2. The van der Waals surface area contributed by atoms with Crippen molar-refractivity contribution < 1.29 is 9.53 Å². The van der Waals surface area contributed by atoms with E-state index in [9.17, 15) is 4.79 Å². The maximum Gasteiger partial charge on any atom is 0.225 e. The van der Waals surface area contributed by atoms with Crippen molar-refractivity contribution in [3.63, 3.8) is 0 Å². The Morgan fingerprint density at radius 2 is 2.19 bits per heavy atom. The van der Waals surface area contributed by atoms with Gasteiger partial charge in [0.05, 0.1) is 12.8 Å². The molecule has 0 heterocycles. The van der Waals surface area contributed by atoms with Crippen LogP contribution in [0.5, 0.6) is 5.75 Å². The Hall–Kier alpha value is -1.75. The second kappa shape index (κ2) is 8.52. The predicted octanol–water partition coefficient (Wildman–Crippen LogP) is 2.73. The van der Waals surface area contributed by atoms with Crippen LogP contribution in [0, 0.1) is 0 Å². The summed E-state index contributed by atoms with van der Waals surface area (Å²) in [4.78, 5) is 14.2. The lowest BCUT2D eigenvalue weighted by Gasteiger charge is -2.24. The van der Waals surface area contributed by atoms with Crippen molar-refractivity contribution in [3.05, 3.63) is 18.2 Å². The topological polar surface area (TPSA) is 67.6 Å². The Labute approximate surface area is 127 Å². The van der Waals surface area contributed by atoms with Crippen molar-refractivity contribution in [2.75, 3.05) is 31.8 Å². The zero-order valence-electron chi connectivity index (χ0n) is 13.5. The molecule has 5 heteroatoms. The Balaban J connectivity index is 2.51. The quantitative estimate of drug-likeness (QED) is 0.723. The fourth-order valence-electron chi connectivity index (χ4n) is 2.16. The number of anilines is 2. The molecule has 1 rings (SSSR count). The van der Waals surface area contributed by atoms with Crippen molar-refractivity contribution in [1.82, 2.24) is 4.90 Å². The summed E-state index contributed by atoms with van der Waals surface area (Å²) in [5.41, 5.74) is 6.96. The number of hydrogen-bond acceptors (Lipinski definition) is 4. The minimum Gasteiger partial charge on any atom is -0.494 e. The van der Waals surface area contributed by atoms with Gasteiger partial charge in [-0.05, 0) is 32.5 Å². The zero-order chi connectivity index (χ0) is 15.8. The van der Waals surface area contributed by atoms with Gasteiger partial charge in [0.15, 0.2) is 0 Å². The summed E-state index contributed by atoms with van der Waals surface area (Å²) in [7, 11) is 3.61. The second-order valence-electron chi connectivity index (χ2n) is 5.38. The van der Waals surface area contributed by atoms with Gasteiger partial charge in [0, 0.05) is 30.8 Å². The third-order valence-electron chi connectivity index (χ3n) is 3.65. The Kier molecular flexibility index (Phi) is 7.02. The molecule has 0 aliphatic heterocycles. The molecule has 1 aromatic carbocycles. The number of nitrogen functional groups attached to an aromatic ring is 1. The number of ether oxygens (including phenoxy) is 1. The lowest BCUT2D eigenvalue weighted by Crippen LogP contribution is -2.32. The highest BCUT2D eigenvalue weighted by Gasteiger charge is 2.12. The van der Waals surface area contributed by atoms with Crippen molar-refractivity contribution >= 4 is 17.3 Å². The van der Waals surface area contributed by atoms with Gasteiger partial charge in [-0.2, -0.15) is 0 Å². The number of methoxy groups -OCH3 is 1. The number of nitrogens with zero attached hydrogens (tertiary/aromatic N) is 1. The van der Waals surface area contributed by atoms with Crippen molar-refractivity contribution in [2.24, 2.45) is 0 Å². The number of nitrogens with two attached hydrogens (primary N) is 1. The fourth-order valence-corrected chi connectivity index (χ4v) is 2.16. The van der Waals surface area contributed by atoms with E-state index < -0.39 is 0 Å². The standard InChI is InChI=1S/C16H27N3O2/c1-5-6-12(2)19(3)10-9-16(20)18-14-8-7-13(17)11-15(14)21-4/h7-8,11-12H,5-6,9-10,17H2,1-4H3,(H,18,20). The molecule has 0 radical (unpaired) electrons. The first-order valence-corrected chi connectivity index (χ1v) is 7.41. The highest BCUT2D eigenvalue weighted by molar-refractivity contribution is 5.92. The van der Waals surface area contributed by atoms with E-state index >= 15 is 0 Å². The van der Waals surface area contributed by atoms with Gasteiger partial charge in [-0.1, -0.05) is 13.3 Å². The van der Waals surface area contributed by atoms with E-state index in [-0.39, 0.29) is 5.91 Å². The van der Waals surface area contributed by atoms with Gasteiger partial charge in [0.25, 0.3) is 0 Å². The van der Waals surface area contributed by atoms with Gasteiger partial charge in [0.1, 0.15) is 5.75 Å². The van der Waals surface area contributed by atoms with Crippen LogP contribution >= 0.6 is 0 Å². The van der Waals surface area contributed by atoms with E-state index in [4.69, 9.17) is 10.5 Å². The molecule has 0 saturated carbocycles. The van der Waals surface area contributed by atoms with Crippen LogP contribution in [0.1, 0.15) is 33.1 Å². The summed E-state index contributed by atoms with van der Waals surface area (Å²) >= 11 is 0. The van der Waals surface area contributed by atoms with Crippen LogP contribution in [0.2, 0.25) is 0 Å². The molecule has 1 unspecified atom stereocenters. The molecule has 118 valence electrons. The number of hydrogen-bond donors (Lipinski definition) is 2. The number of nitrogens with one attached hydrogen (secondary N) is 1. The SMILES string of the molecule is CCCC(C)N(C)CCC(=O)Nc1ccc(N)cc1OC. The average molecular weight is 293 g/mol. The molecule has 0 bridgehead atoms. The summed E-state index contributed by atoms with van der Waals surface area (Å²) < 4.78 is 5.22. The number of rotatable bonds is 8. The van der Waals surface area contributed by atoms with Crippen LogP contribution in [-0.2, 0) is 4.79 Å². The molecule has 0 aliphatic rings. The number of carbonyl (C=O) groups excluding carboxylic acids is 1. The first-order chi connectivity index (χ1) is 9.97. The van der Waals surface area contributed by atoms with Gasteiger partial charge in [-0.3, -0.25) is 4.79 Å². The molecule has 1 amide bonds. The molecule has 3 N–H and O–H groups in total. The minimum absolute atomic E-state index is 0.0198. The molecule has 5 nitrogen and oxygen atoms in total. The van der Waals surface area contributed by atoms with Crippen molar-refractivity contribution in [2.45, 2.75) is 39.2 Å². The molecule has 1 aromatic rings. The highest BCUT2D eigenvalue weighted by atomic mass is 16.5. The lowest BCUT2D eigenvalue weighted by atomic mass is 10.1. The molecule has 1 atom stereocenters. The monoisotopic (exact) mass is 293 g/mol. The maximum absolute atomic E-state index is 12.0. The molecule has 0 aliphatic carbocycles. The van der Waals surface area contributed by atoms with E-state index in [2.05, 4.69) is 31.1 Å². The molecular weight excluding hydrogens is 266 g/mol. The summed E-state index contributed by atoms with van der Waals surface area (Å²) in [6.45, 7) is 5.10. The van der Waals surface area contributed by atoms with Crippen LogP contribution < -0.4 is 15.8 Å². The van der Waals surface area contributed by atoms with Crippen LogP contribution in [0.3, 0.4) is 0 Å². The smallest absolute Gasteiger partial charge is 0.225 e. The van der Waals surface area contributed by atoms with Crippen molar-refractivity contribution in [3.8, 4) is 5.75 Å². The van der Waals surface area contributed by atoms with Crippen LogP contribution in [0.4, 0.5) is 11.4 Å². The van der Waals surface area contributed by atoms with Gasteiger partial charge >= 0.3 is 0 Å². The first kappa shape index (κ1) is 17.3. The van der Waals surface area contributed by atoms with E-state index in [1.165, 1.54) is 0 Å². The van der Waals surface area contributed by atoms with Gasteiger partial charge in [-0.15, -0.1) is 0 Å². The fraction of sp³-hybridized carbons (Fsp3) is 0.562. The van der Waals surface area contributed by atoms with Gasteiger partial charge < -0.3 is 20.7 Å². The predicted molar refractivity (Wildman–Crippen MR) is 87.7 cm³/mol. The highest BCUT2D eigenvalue weighted by Crippen LogP contribution is 2.26. The Morgan fingerprint density at radius 3 is 2.81 bits per heavy atom. The number of amides is 1. The van der Waals surface area contributed by atoms with Crippen LogP contribution in [0.25, 0.3) is 0 Å². The average Bonchev–Trinajstić information content (AvgIpc) is 2.46. The zero-order valence-corrected chi connectivity index (χ0v) is 13.5. The number of carbonyl (C=O) groups is 1. The van der Waals surface area contributed by atoms with E-state index in [1.54, 1.807) is 25.3 Å². The maximum atomic E-state index is 12.0. The summed E-state index contributed by atoms with van der Waals surface area (Å²) in [6, 6.07) is 5.70. The molecule has 0 saturated heterocycles. The molecular formula is C16H27N3O2. The minimum atomic E-state index is -0.0198. The first-order valence-electron chi connectivity index (χ1n) is 7.41. The summed E-state index contributed by atoms with van der Waals surface area (Å²) in [5, 5.41) is 2.87. The molecule has 0 fully saturated rings. The lowest BCUT2D eigenvalue weighted by molar-refractivity contribution is -0.116. The Bertz CT molecular complexity index is 463. The molecule has 21 heavy (non-hydrogen) atoms. The Morgan fingerprint density at radius 1 is 1.48 bits per heavy atom. The third-order valence-corrected chi connectivity index (χ3v) is 3.65. The molecule has 0 aromatic heterocycles. The second-order valence-corrected chi connectivity index (χ2v) is 5.38. The van der Waals surface area contributed by atoms with E-state index in [0.717, 1.165) is 19.4 Å². The van der Waals surface area contributed by atoms with Gasteiger partial charge in [0.2, 0.25) is 5.91 Å². The molecule has 0 spiro atoms. The van der Waals surface area contributed by atoms with E-state index in [0.29, 0.717) is 29.6 Å². The summed E-state index contributed by atoms with van der Waals surface area (Å²) in [6.07, 6.45) is 2.75. The largest absolute Gasteiger partial charge is 0.494 e. The third kappa shape index (κ3) is 5.63. The number of benzene rings is 1. The summed E-state index contributed by atoms with van der Waals surface area (Å²) in [5.74, 6) is 0.560. The van der Waals surface area contributed by atoms with Crippen LogP contribution in [0.15, 0.2) is 18.2 Å². The van der Waals surface area contributed by atoms with Gasteiger partial charge in [-0.25, -0.2) is 0 Å². The van der Waals surface area contributed by atoms with Crippen molar-refractivity contribution in [1.29, 1.82) is 0 Å². The van der Waals surface area contributed by atoms with E-state index in [1.807, 2.05) is 0 Å².